The highest BCUT2D eigenvalue weighted by atomic mass is 32.1. The van der Waals surface area contributed by atoms with Gasteiger partial charge < -0.3 is 9.38 Å². The second-order valence-corrected chi connectivity index (χ2v) is 18.4. The minimum Gasteiger partial charge on any atom is -0.374 e. The van der Waals surface area contributed by atoms with Crippen LogP contribution in [0, 0.1) is 0 Å². The van der Waals surface area contributed by atoms with Gasteiger partial charge in [-0.1, -0.05) is 120 Å². The molecule has 1 fully saturated rings. The molecule has 2 aliphatic carbocycles. The van der Waals surface area contributed by atoms with Crippen molar-refractivity contribution in [1.82, 2.24) is 4.48 Å². The summed E-state index contributed by atoms with van der Waals surface area (Å²) in [6.45, 7) is 12.7. The summed E-state index contributed by atoms with van der Waals surface area (Å²) in [5.74, 6) is 0. The summed E-state index contributed by atoms with van der Waals surface area (Å²) >= 11 is 1.99. The van der Waals surface area contributed by atoms with Gasteiger partial charge in [-0.25, -0.2) is 0 Å². The lowest BCUT2D eigenvalue weighted by Gasteiger charge is -2.52. The fraction of sp³-hybridized carbons (Fsp3) is 0.319. The van der Waals surface area contributed by atoms with E-state index in [0.717, 1.165) is 6.42 Å². The number of aromatic nitrogens is 1. The van der Waals surface area contributed by atoms with Gasteiger partial charge in [0.2, 0.25) is 0 Å². The number of thiophene rings is 1. The zero-order chi connectivity index (χ0) is 34.2. The molecule has 2 nitrogen and oxygen atoms in total. The molecule has 2 aromatic heterocycles. The van der Waals surface area contributed by atoms with Gasteiger partial charge in [-0.3, -0.25) is 0 Å². The Bertz CT molecular complexity index is 2730. The number of anilines is 2. The third kappa shape index (κ3) is 3.18. The molecule has 0 radical (unpaired) electrons. The fourth-order valence-corrected chi connectivity index (χ4v) is 13.4. The van der Waals surface area contributed by atoms with Gasteiger partial charge in [-0.15, -0.1) is 11.3 Å². The summed E-state index contributed by atoms with van der Waals surface area (Å²) in [7, 11) is 0. The van der Waals surface area contributed by atoms with Crippen LogP contribution >= 0.6 is 11.3 Å². The van der Waals surface area contributed by atoms with Crippen molar-refractivity contribution in [3.8, 4) is 22.3 Å². The third-order valence-corrected chi connectivity index (χ3v) is 15.8. The molecule has 3 aliphatic heterocycles. The number of hydrogen-bond donors (Lipinski definition) is 0. The first-order chi connectivity index (χ1) is 24.8. The maximum Gasteiger partial charge on any atom is 0.333 e. The minimum atomic E-state index is -0.107. The number of benzene rings is 5. The smallest absolute Gasteiger partial charge is 0.333 e. The van der Waals surface area contributed by atoms with E-state index in [0.29, 0.717) is 0 Å². The molecule has 7 aromatic rings. The Balaban J connectivity index is 1.32. The predicted molar refractivity (Wildman–Crippen MR) is 220 cm³/mol. The number of nitrogens with zero attached hydrogens (tertiary/aromatic N) is 2. The van der Waals surface area contributed by atoms with Crippen molar-refractivity contribution >= 4 is 71.7 Å². The summed E-state index contributed by atoms with van der Waals surface area (Å²) < 4.78 is 5.67. The molecule has 0 spiro atoms. The SMILES string of the molecule is CCCCc1cc2c3c(c1)C1(C)CCCCC1(C)N3c1cc3c(c4c1B2n1c2c-4cccc2c2sc4ccccc4c21)C(C)(C)c1ccccc1-3. The molecule has 0 saturated heterocycles. The highest BCUT2D eigenvalue weighted by Crippen LogP contribution is 2.64. The van der Waals surface area contributed by atoms with Crippen molar-refractivity contribution < 1.29 is 0 Å². The van der Waals surface area contributed by atoms with E-state index in [9.17, 15) is 0 Å². The van der Waals surface area contributed by atoms with Crippen LogP contribution in [0.25, 0.3) is 53.5 Å². The topological polar surface area (TPSA) is 8.17 Å². The highest BCUT2D eigenvalue weighted by Gasteiger charge is 2.62. The largest absolute Gasteiger partial charge is 0.374 e. The summed E-state index contributed by atoms with van der Waals surface area (Å²) in [5.41, 5.74) is 20.9. The Hall–Kier alpha value is -4.28. The van der Waals surface area contributed by atoms with Gasteiger partial charge in [0.05, 0.1) is 15.8 Å². The summed E-state index contributed by atoms with van der Waals surface area (Å²) in [5, 5.41) is 2.81. The van der Waals surface area contributed by atoms with Gasteiger partial charge in [0.1, 0.15) is 0 Å². The highest BCUT2D eigenvalue weighted by molar-refractivity contribution is 7.27. The first-order valence-electron chi connectivity index (χ1n) is 19.5. The zero-order valence-corrected chi connectivity index (χ0v) is 31.2. The van der Waals surface area contributed by atoms with Crippen LogP contribution < -0.4 is 15.8 Å². The molecule has 12 rings (SSSR count). The molecular weight excluding hydrogens is 635 g/mol. The number of fused-ring (bicyclic) bond motifs is 16. The van der Waals surface area contributed by atoms with Crippen LogP contribution in [0.3, 0.4) is 0 Å². The predicted octanol–water partition coefficient (Wildman–Crippen LogP) is 11.3. The molecule has 5 aliphatic rings. The monoisotopic (exact) mass is 678 g/mol. The van der Waals surface area contributed by atoms with E-state index in [4.69, 9.17) is 0 Å². The molecule has 1 saturated carbocycles. The zero-order valence-electron chi connectivity index (χ0n) is 30.4. The molecular formula is C47H43BN2S. The third-order valence-electron chi connectivity index (χ3n) is 14.6. The normalized spacial score (nSPS) is 22.8. The Labute approximate surface area is 305 Å². The standard InChI is InChI=1S/C47H43BN2S/c1-6-7-15-27-24-34-43-35(25-27)48-40-36(49(43)47(5)23-13-12-22-46(34,47)4)26-32-28-16-8-10-20-33(28)45(2,3)39(32)38(40)30-18-14-19-31-41(30)50(48)42-29-17-9-11-21-37(29)51-44(31)42/h8-11,14,16-21,24-26H,6-7,12-13,15,22-23H2,1-5H3. The molecule has 4 heteroatoms. The van der Waals surface area contributed by atoms with Crippen molar-refractivity contribution in [3.05, 3.63) is 107 Å². The van der Waals surface area contributed by atoms with Gasteiger partial charge in [-0.05, 0) is 94.6 Å². The van der Waals surface area contributed by atoms with Crippen LogP contribution in [0.15, 0.2) is 84.9 Å². The van der Waals surface area contributed by atoms with Crippen LogP contribution in [-0.2, 0) is 17.3 Å². The lowest BCUT2D eigenvalue weighted by atomic mass is 9.44. The number of unbranched alkanes of at least 4 members (excludes halogenated alkanes) is 1. The van der Waals surface area contributed by atoms with Crippen LogP contribution in [-0.4, -0.2) is 16.9 Å². The van der Waals surface area contributed by atoms with Gasteiger partial charge >= 0.3 is 6.85 Å². The van der Waals surface area contributed by atoms with E-state index in [-0.39, 0.29) is 23.2 Å². The molecule has 2 atom stereocenters. The van der Waals surface area contributed by atoms with Crippen molar-refractivity contribution in [3.63, 3.8) is 0 Å². The molecule has 5 aromatic carbocycles. The summed E-state index contributed by atoms with van der Waals surface area (Å²) in [6.07, 6.45) is 8.69. The van der Waals surface area contributed by atoms with Crippen LogP contribution in [0.4, 0.5) is 11.4 Å². The molecule has 0 amide bonds. The van der Waals surface area contributed by atoms with Crippen molar-refractivity contribution in [2.24, 2.45) is 0 Å². The summed E-state index contributed by atoms with van der Waals surface area (Å²) in [6, 6.07) is 33.7. The Kier molecular flexibility index (Phi) is 5.39. The molecule has 250 valence electrons. The van der Waals surface area contributed by atoms with Crippen molar-refractivity contribution in [2.45, 2.75) is 95.9 Å². The average Bonchev–Trinajstić information content (AvgIpc) is 3.80. The Morgan fingerprint density at radius 2 is 1.55 bits per heavy atom. The van der Waals surface area contributed by atoms with Crippen LogP contribution in [0.1, 0.15) is 95.4 Å². The number of para-hydroxylation sites is 1. The van der Waals surface area contributed by atoms with Crippen molar-refractivity contribution in [2.75, 3.05) is 4.90 Å². The van der Waals surface area contributed by atoms with E-state index in [1.54, 1.807) is 16.5 Å². The lowest BCUT2D eigenvalue weighted by Crippen LogP contribution is -2.62. The first-order valence-corrected chi connectivity index (χ1v) is 20.3. The maximum absolute atomic E-state index is 2.93. The van der Waals surface area contributed by atoms with E-state index < -0.39 is 0 Å². The second kappa shape index (κ2) is 9.38. The average molecular weight is 679 g/mol. The number of hydrogen-bond acceptors (Lipinski definition) is 2. The van der Waals surface area contributed by atoms with E-state index in [1.165, 1.54) is 120 Å². The van der Waals surface area contributed by atoms with Gasteiger partial charge in [-0.2, -0.15) is 0 Å². The summed E-state index contributed by atoms with van der Waals surface area (Å²) in [4.78, 5) is 2.93. The van der Waals surface area contributed by atoms with Gasteiger partial charge in [0.25, 0.3) is 0 Å². The van der Waals surface area contributed by atoms with Crippen LogP contribution in [0.2, 0.25) is 0 Å². The Morgan fingerprint density at radius 3 is 2.43 bits per heavy atom. The van der Waals surface area contributed by atoms with Gasteiger partial charge in [0, 0.05) is 48.8 Å². The molecule has 0 bridgehead atoms. The quantitative estimate of drug-likeness (QED) is 0.169. The lowest BCUT2D eigenvalue weighted by molar-refractivity contribution is 0.195. The van der Waals surface area contributed by atoms with Crippen molar-refractivity contribution in [1.29, 1.82) is 0 Å². The first kappa shape index (κ1) is 29.3. The molecule has 0 N–H and O–H groups in total. The minimum absolute atomic E-state index is 0.0136. The molecule has 2 unspecified atom stereocenters. The molecule has 51 heavy (non-hydrogen) atoms. The number of rotatable bonds is 3. The fourth-order valence-electron chi connectivity index (χ4n) is 12.2. The maximum atomic E-state index is 2.93. The van der Waals surface area contributed by atoms with E-state index in [2.05, 4.69) is 129 Å². The number of aryl methyl sites for hydroxylation is 1. The Morgan fingerprint density at radius 1 is 0.765 bits per heavy atom. The van der Waals surface area contributed by atoms with Gasteiger partial charge in [0.15, 0.2) is 0 Å². The van der Waals surface area contributed by atoms with E-state index >= 15 is 0 Å². The second-order valence-electron chi connectivity index (χ2n) is 17.4. The van der Waals surface area contributed by atoms with Crippen LogP contribution in [0.5, 0.6) is 0 Å². The van der Waals surface area contributed by atoms with E-state index in [1.807, 2.05) is 11.3 Å². The molecule has 5 heterocycles.